The van der Waals surface area contributed by atoms with Gasteiger partial charge in [0.2, 0.25) is 5.91 Å². The topological polar surface area (TPSA) is 78.5 Å². The lowest BCUT2D eigenvalue weighted by atomic mass is 9.72. The van der Waals surface area contributed by atoms with Gasteiger partial charge in [-0.05, 0) is 58.9 Å². The fourth-order valence-corrected chi connectivity index (χ4v) is 6.42. The first-order chi connectivity index (χ1) is 19.4. The predicted octanol–water partition coefficient (Wildman–Crippen LogP) is 5.18. The molecule has 1 aliphatic heterocycles. The predicted molar refractivity (Wildman–Crippen MR) is 155 cm³/mol. The zero-order valence-corrected chi connectivity index (χ0v) is 22.9. The summed E-state index contributed by atoms with van der Waals surface area (Å²) >= 11 is 0. The van der Waals surface area contributed by atoms with Crippen LogP contribution >= 0.6 is 0 Å². The Bertz CT molecular complexity index is 1540. The fraction of sp³-hybridized carbons (Fsp3) is 0.219. The molecule has 4 aromatic carbocycles. The molecule has 0 bridgehead atoms. The van der Waals surface area contributed by atoms with Crippen LogP contribution in [0.3, 0.4) is 0 Å². The van der Waals surface area contributed by atoms with Crippen molar-refractivity contribution in [2.45, 2.75) is 31.3 Å². The molecule has 8 heteroatoms. The van der Waals surface area contributed by atoms with Crippen molar-refractivity contribution in [3.63, 3.8) is 0 Å². The lowest BCUT2D eigenvalue weighted by molar-refractivity contribution is -0.128. The minimum Gasteiger partial charge on any atom is -0.351 e. The molecule has 1 fully saturated rings. The van der Waals surface area contributed by atoms with Gasteiger partial charge in [-0.3, -0.25) is 4.79 Å². The van der Waals surface area contributed by atoms with Crippen molar-refractivity contribution in [3.8, 4) is 11.1 Å². The summed E-state index contributed by atoms with van der Waals surface area (Å²) in [6.45, 7) is 0.829. The van der Waals surface area contributed by atoms with Crippen LogP contribution in [0, 0.1) is 5.82 Å². The number of hydrogen-bond acceptors (Lipinski definition) is 3. The second kappa shape index (κ2) is 12.1. The molecular formula is C32H32FN3O3S. The lowest BCUT2D eigenvalue weighted by Crippen LogP contribution is -2.54. The lowest BCUT2D eigenvalue weighted by Gasteiger charge is -2.40. The summed E-state index contributed by atoms with van der Waals surface area (Å²) < 4.78 is 43.3. The van der Waals surface area contributed by atoms with E-state index in [0.29, 0.717) is 24.9 Å². The molecule has 0 atom stereocenters. The Morgan fingerprint density at radius 3 is 2.05 bits per heavy atom. The van der Waals surface area contributed by atoms with E-state index in [4.69, 9.17) is 0 Å². The average Bonchev–Trinajstić information content (AvgIpc) is 3.00. The highest BCUT2D eigenvalue weighted by atomic mass is 32.2. The SMILES string of the molecule is O=C(NCc1cccc(-c2ccccc2)c1)C1(c2ccccc2)CCN(S(=O)(=O)NCc2ccc(F)cc2)CC1. The maximum absolute atomic E-state index is 13.8. The van der Waals surface area contributed by atoms with Crippen LogP contribution in [0.4, 0.5) is 4.39 Å². The van der Waals surface area contributed by atoms with Gasteiger partial charge in [0, 0.05) is 26.2 Å². The first-order valence-corrected chi connectivity index (χ1v) is 14.8. The van der Waals surface area contributed by atoms with E-state index >= 15 is 0 Å². The molecule has 0 radical (unpaired) electrons. The normalized spacial score (nSPS) is 15.4. The van der Waals surface area contributed by atoms with E-state index in [0.717, 1.165) is 22.3 Å². The molecule has 1 aliphatic rings. The van der Waals surface area contributed by atoms with Crippen LogP contribution in [-0.2, 0) is 33.5 Å². The van der Waals surface area contributed by atoms with Crippen LogP contribution in [0.5, 0.6) is 0 Å². The van der Waals surface area contributed by atoms with Gasteiger partial charge >= 0.3 is 0 Å². The van der Waals surface area contributed by atoms with Gasteiger partial charge in [0.15, 0.2) is 0 Å². The van der Waals surface area contributed by atoms with Gasteiger partial charge in [0.05, 0.1) is 5.41 Å². The van der Waals surface area contributed by atoms with Crippen molar-refractivity contribution >= 4 is 16.1 Å². The van der Waals surface area contributed by atoms with Crippen molar-refractivity contribution in [3.05, 3.63) is 132 Å². The Morgan fingerprint density at radius 1 is 0.750 bits per heavy atom. The summed E-state index contributed by atoms with van der Waals surface area (Å²) in [5.74, 6) is -0.484. The van der Waals surface area contributed by atoms with Crippen molar-refractivity contribution in [2.24, 2.45) is 0 Å². The first-order valence-electron chi connectivity index (χ1n) is 13.3. The summed E-state index contributed by atoms with van der Waals surface area (Å²) in [7, 11) is -3.78. The number of piperidine rings is 1. The number of nitrogens with zero attached hydrogens (tertiary/aromatic N) is 1. The molecule has 40 heavy (non-hydrogen) atoms. The molecule has 4 aromatic rings. The van der Waals surface area contributed by atoms with Gasteiger partial charge in [0.25, 0.3) is 10.2 Å². The average molecular weight is 558 g/mol. The number of rotatable bonds is 9. The third-order valence-corrected chi connectivity index (χ3v) is 9.09. The number of halogens is 1. The van der Waals surface area contributed by atoms with Gasteiger partial charge in [-0.1, -0.05) is 91.0 Å². The van der Waals surface area contributed by atoms with Gasteiger partial charge < -0.3 is 5.32 Å². The Morgan fingerprint density at radius 2 is 1.38 bits per heavy atom. The summed E-state index contributed by atoms with van der Waals surface area (Å²) in [6, 6.07) is 33.5. The van der Waals surface area contributed by atoms with Crippen molar-refractivity contribution in [2.75, 3.05) is 13.1 Å². The van der Waals surface area contributed by atoms with E-state index in [2.05, 4.69) is 28.2 Å². The Balaban J connectivity index is 1.28. The van der Waals surface area contributed by atoms with Crippen LogP contribution in [0.15, 0.2) is 109 Å². The van der Waals surface area contributed by atoms with E-state index in [1.807, 2.05) is 66.7 Å². The maximum Gasteiger partial charge on any atom is 0.279 e. The number of hydrogen-bond donors (Lipinski definition) is 2. The Hall–Kier alpha value is -3.85. The van der Waals surface area contributed by atoms with Gasteiger partial charge in [0.1, 0.15) is 5.82 Å². The first kappa shape index (κ1) is 27.7. The number of nitrogens with one attached hydrogen (secondary N) is 2. The molecule has 0 spiro atoms. The fourth-order valence-electron chi connectivity index (χ4n) is 5.22. The van der Waals surface area contributed by atoms with Crippen LogP contribution < -0.4 is 10.0 Å². The van der Waals surface area contributed by atoms with Crippen LogP contribution in [-0.4, -0.2) is 31.7 Å². The quantitative estimate of drug-likeness (QED) is 0.298. The number of benzene rings is 4. The van der Waals surface area contributed by atoms with Crippen molar-refractivity contribution in [1.82, 2.24) is 14.3 Å². The van der Waals surface area contributed by atoms with Gasteiger partial charge in [-0.15, -0.1) is 0 Å². The smallest absolute Gasteiger partial charge is 0.279 e. The van der Waals surface area contributed by atoms with Gasteiger partial charge in [-0.25, -0.2) is 4.39 Å². The van der Waals surface area contributed by atoms with Crippen LogP contribution in [0.25, 0.3) is 11.1 Å². The molecule has 5 rings (SSSR count). The highest BCUT2D eigenvalue weighted by Crippen LogP contribution is 2.37. The zero-order chi connectivity index (χ0) is 28.0. The molecule has 0 saturated carbocycles. The highest BCUT2D eigenvalue weighted by molar-refractivity contribution is 7.87. The summed E-state index contributed by atoms with van der Waals surface area (Å²) in [4.78, 5) is 13.8. The maximum atomic E-state index is 13.8. The van der Waals surface area contributed by atoms with E-state index in [-0.39, 0.29) is 31.4 Å². The molecule has 0 aromatic heterocycles. The zero-order valence-electron chi connectivity index (χ0n) is 22.1. The Labute approximate surface area is 235 Å². The molecule has 0 aliphatic carbocycles. The summed E-state index contributed by atoms with van der Waals surface area (Å²) in [5.41, 5.74) is 3.87. The number of carbonyl (C=O) groups excluding carboxylic acids is 1. The second-order valence-electron chi connectivity index (χ2n) is 10.0. The van der Waals surface area contributed by atoms with E-state index in [1.165, 1.54) is 16.4 Å². The molecule has 1 heterocycles. The second-order valence-corrected chi connectivity index (χ2v) is 11.8. The van der Waals surface area contributed by atoms with E-state index < -0.39 is 15.6 Å². The van der Waals surface area contributed by atoms with Crippen molar-refractivity contribution in [1.29, 1.82) is 0 Å². The molecule has 206 valence electrons. The number of amides is 1. The van der Waals surface area contributed by atoms with Crippen LogP contribution in [0.1, 0.15) is 29.5 Å². The highest BCUT2D eigenvalue weighted by Gasteiger charge is 2.44. The third kappa shape index (κ3) is 6.31. The minimum atomic E-state index is -3.78. The van der Waals surface area contributed by atoms with E-state index in [1.54, 1.807) is 12.1 Å². The van der Waals surface area contributed by atoms with Crippen LogP contribution in [0.2, 0.25) is 0 Å². The number of carbonyl (C=O) groups is 1. The molecule has 0 unspecified atom stereocenters. The summed E-state index contributed by atoms with van der Waals surface area (Å²) in [5, 5.41) is 3.14. The van der Waals surface area contributed by atoms with Gasteiger partial charge in [-0.2, -0.15) is 17.4 Å². The van der Waals surface area contributed by atoms with E-state index in [9.17, 15) is 17.6 Å². The molecule has 1 amide bonds. The van der Waals surface area contributed by atoms with Crippen molar-refractivity contribution < 1.29 is 17.6 Å². The monoisotopic (exact) mass is 557 g/mol. The summed E-state index contributed by atoms with van der Waals surface area (Å²) in [6.07, 6.45) is 0.703. The minimum absolute atomic E-state index is 0.0610. The molecule has 6 nitrogen and oxygen atoms in total. The third-order valence-electron chi connectivity index (χ3n) is 7.54. The molecular weight excluding hydrogens is 525 g/mol. The standard InChI is InChI=1S/C32H32FN3O3S/c33-30-16-14-25(15-17-30)24-35-40(38,39)36-20-18-32(19-21-36,29-12-5-2-6-13-29)31(37)34-23-26-8-7-11-28(22-26)27-9-3-1-4-10-27/h1-17,22,35H,18-21,23-24H2,(H,34,37). The largest absolute Gasteiger partial charge is 0.351 e. The Kier molecular flexibility index (Phi) is 8.40. The molecule has 1 saturated heterocycles. The molecule has 2 N–H and O–H groups in total.